The normalized spacial score (nSPS) is 18.1. The minimum Gasteiger partial charge on any atom is -0.508 e. The van der Waals surface area contributed by atoms with E-state index in [0.717, 1.165) is 25.2 Å². The summed E-state index contributed by atoms with van der Waals surface area (Å²) in [4.78, 5) is 2.48. The van der Waals surface area contributed by atoms with E-state index in [9.17, 15) is 5.11 Å². The molecule has 0 bridgehead atoms. The van der Waals surface area contributed by atoms with Gasteiger partial charge in [0.05, 0.1) is 6.20 Å². The summed E-state index contributed by atoms with van der Waals surface area (Å²) in [7, 11) is 0. The molecule has 0 aliphatic carbocycles. The smallest absolute Gasteiger partial charge is 0.115 e. The Kier molecular flexibility index (Phi) is 4.76. The van der Waals surface area contributed by atoms with E-state index in [0.29, 0.717) is 11.7 Å². The summed E-state index contributed by atoms with van der Waals surface area (Å²) in [6.45, 7) is 5.11. The first-order chi connectivity index (χ1) is 12.7. The average Bonchev–Trinajstić information content (AvgIpc) is 3.12. The number of aromatic amines is 1. The number of nitrogens with one attached hydrogen (secondary N) is 1. The van der Waals surface area contributed by atoms with Crippen molar-refractivity contribution >= 4 is 0 Å². The van der Waals surface area contributed by atoms with Crippen LogP contribution in [0, 0.1) is 6.92 Å². The monoisotopic (exact) mass is 347 g/mol. The summed E-state index contributed by atoms with van der Waals surface area (Å²) in [5, 5.41) is 17.3. The minimum absolute atomic E-state index is 0.339. The largest absolute Gasteiger partial charge is 0.508 e. The van der Waals surface area contributed by atoms with Crippen molar-refractivity contribution in [3.05, 3.63) is 71.5 Å². The SMILES string of the molecule is Cc1cccc(-c2cn[nH]c2C2CCCN(Cc3cccc(O)c3)C2)c1. The molecular weight excluding hydrogens is 322 g/mol. The van der Waals surface area contributed by atoms with E-state index in [1.165, 1.54) is 35.2 Å². The molecule has 4 rings (SSSR count). The predicted octanol–water partition coefficient (Wildman–Crippen LogP) is 4.47. The van der Waals surface area contributed by atoms with Crippen LogP contribution in [0.4, 0.5) is 0 Å². The molecule has 0 spiro atoms. The van der Waals surface area contributed by atoms with Crippen molar-refractivity contribution in [2.24, 2.45) is 0 Å². The van der Waals surface area contributed by atoms with Gasteiger partial charge in [-0.1, -0.05) is 42.0 Å². The molecule has 26 heavy (non-hydrogen) atoms. The molecule has 1 saturated heterocycles. The summed E-state index contributed by atoms with van der Waals surface area (Å²) < 4.78 is 0. The fourth-order valence-corrected chi connectivity index (χ4v) is 4.00. The predicted molar refractivity (Wildman–Crippen MR) is 104 cm³/mol. The molecule has 1 aliphatic rings. The molecule has 4 nitrogen and oxygen atoms in total. The van der Waals surface area contributed by atoms with Crippen molar-refractivity contribution in [3.63, 3.8) is 0 Å². The lowest BCUT2D eigenvalue weighted by atomic mass is 9.90. The Morgan fingerprint density at radius 3 is 2.92 bits per heavy atom. The summed E-state index contributed by atoms with van der Waals surface area (Å²) in [6.07, 6.45) is 4.31. The zero-order valence-corrected chi connectivity index (χ0v) is 15.2. The van der Waals surface area contributed by atoms with Gasteiger partial charge in [0.15, 0.2) is 0 Å². The van der Waals surface area contributed by atoms with Gasteiger partial charge >= 0.3 is 0 Å². The number of aromatic nitrogens is 2. The zero-order chi connectivity index (χ0) is 17.9. The van der Waals surface area contributed by atoms with E-state index >= 15 is 0 Å². The molecule has 0 saturated carbocycles. The van der Waals surface area contributed by atoms with Crippen LogP contribution in [0.2, 0.25) is 0 Å². The second-order valence-corrected chi connectivity index (χ2v) is 7.31. The van der Waals surface area contributed by atoms with Crippen LogP contribution in [-0.4, -0.2) is 33.3 Å². The van der Waals surface area contributed by atoms with Crippen molar-refractivity contribution in [1.29, 1.82) is 0 Å². The van der Waals surface area contributed by atoms with E-state index in [-0.39, 0.29) is 0 Å². The molecule has 0 amide bonds. The molecule has 2 heterocycles. The maximum absolute atomic E-state index is 9.70. The van der Waals surface area contributed by atoms with Crippen molar-refractivity contribution in [3.8, 4) is 16.9 Å². The molecular formula is C22H25N3O. The van der Waals surface area contributed by atoms with Gasteiger partial charge in [-0.3, -0.25) is 10.00 Å². The second kappa shape index (κ2) is 7.34. The number of piperidine rings is 1. The molecule has 3 aromatic rings. The molecule has 2 aromatic carbocycles. The number of likely N-dealkylation sites (tertiary alicyclic amines) is 1. The number of rotatable bonds is 4. The molecule has 134 valence electrons. The molecule has 0 radical (unpaired) electrons. The third kappa shape index (κ3) is 3.65. The Hall–Kier alpha value is -2.59. The molecule has 1 atom stereocenters. The number of phenolic OH excluding ortho intramolecular Hbond substituents is 1. The standard InChI is InChI=1S/C22H25N3O/c1-16-5-2-7-18(11-16)21-13-23-24-22(21)19-8-4-10-25(15-19)14-17-6-3-9-20(26)12-17/h2-3,5-7,9,11-13,19,26H,4,8,10,14-15H2,1H3,(H,23,24). The summed E-state index contributed by atoms with van der Waals surface area (Å²) in [6, 6.07) is 16.2. The van der Waals surface area contributed by atoms with Gasteiger partial charge in [-0.2, -0.15) is 5.10 Å². The number of benzene rings is 2. The second-order valence-electron chi connectivity index (χ2n) is 7.31. The summed E-state index contributed by atoms with van der Waals surface area (Å²) in [5.41, 5.74) is 6.13. The molecule has 4 heteroatoms. The number of phenols is 1. The Balaban J connectivity index is 1.53. The van der Waals surface area contributed by atoms with E-state index < -0.39 is 0 Å². The first-order valence-electron chi connectivity index (χ1n) is 9.29. The number of aryl methyl sites for hydroxylation is 1. The Labute approximate surface area is 154 Å². The van der Waals surface area contributed by atoms with Crippen LogP contribution in [0.5, 0.6) is 5.75 Å². The highest BCUT2D eigenvalue weighted by Crippen LogP contribution is 2.33. The van der Waals surface area contributed by atoms with Crippen LogP contribution in [0.1, 0.15) is 35.6 Å². The third-order valence-corrected chi connectivity index (χ3v) is 5.23. The van der Waals surface area contributed by atoms with Gasteiger partial charge in [-0.05, 0) is 49.6 Å². The van der Waals surface area contributed by atoms with Gasteiger partial charge in [0.1, 0.15) is 5.75 Å². The van der Waals surface area contributed by atoms with Gasteiger partial charge in [-0.25, -0.2) is 0 Å². The fraction of sp³-hybridized carbons (Fsp3) is 0.318. The first kappa shape index (κ1) is 16.9. The quantitative estimate of drug-likeness (QED) is 0.732. The van der Waals surface area contributed by atoms with Gasteiger partial charge in [0.2, 0.25) is 0 Å². The Bertz CT molecular complexity index is 886. The van der Waals surface area contributed by atoms with E-state index in [4.69, 9.17) is 0 Å². The van der Waals surface area contributed by atoms with E-state index in [1.807, 2.05) is 18.3 Å². The lowest BCUT2D eigenvalue weighted by molar-refractivity contribution is 0.198. The van der Waals surface area contributed by atoms with Crippen molar-refractivity contribution in [2.75, 3.05) is 13.1 Å². The summed E-state index contributed by atoms with van der Waals surface area (Å²) >= 11 is 0. The number of hydrogen-bond acceptors (Lipinski definition) is 3. The van der Waals surface area contributed by atoms with E-state index in [1.54, 1.807) is 6.07 Å². The topological polar surface area (TPSA) is 52.2 Å². The molecule has 1 unspecified atom stereocenters. The van der Waals surface area contributed by atoms with Gasteiger partial charge in [-0.15, -0.1) is 0 Å². The van der Waals surface area contributed by atoms with Crippen molar-refractivity contribution < 1.29 is 5.11 Å². The van der Waals surface area contributed by atoms with E-state index in [2.05, 4.69) is 52.4 Å². The average molecular weight is 347 g/mol. The van der Waals surface area contributed by atoms with Gasteiger partial charge < -0.3 is 5.11 Å². The minimum atomic E-state index is 0.339. The number of aromatic hydroxyl groups is 1. The zero-order valence-electron chi connectivity index (χ0n) is 15.2. The number of nitrogens with zero attached hydrogens (tertiary/aromatic N) is 2. The van der Waals surface area contributed by atoms with Crippen molar-refractivity contribution in [1.82, 2.24) is 15.1 Å². The number of hydrogen-bond donors (Lipinski definition) is 2. The van der Waals surface area contributed by atoms with Crippen LogP contribution < -0.4 is 0 Å². The lowest BCUT2D eigenvalue weighted by Crippen LogP contribution is -2.34. The number of H-pyrrole nitrogens is 1. The van der Waals surface area contributed by atoms with Crippen LogP contribution in [0.3, 0.4) is 0 Å². The Morgan fingerprint density at radius 1 is 1.19 bits per heavy atom. The first-order valence-corrected chi connectivity index (χ1v) is 9.29. The van der Waals surface area contributed by atoms with Crippen molar-refractivity contribution in [2.45, 2.75) is 32.2 Å². The highest BCUT2D eigenvalue weighted by atomic mass is 16.3. The molecule has 2 N–H and O–H groups in total. The lowest BCUT2D eigenvalue weighted by Gasteiger charge is -2.32. The maximum Gasteiger partial charge on any atom is 0.115 e. The van der Waals surface area contributed by atoms with Crippen LogP contribution >= 0.6 is 0 Å². The van der Waals surface area contributed by atoms with Crippen LogP contribution in [0.15, 0.2) is 54.7 Å². The van der Waals surface area contributed by atoms with Gasteiger partial charge in [0, 0.05) is 30.3 Å². The highest BCUT2D eigenvalue weighted by molar-refractivity contribution is 5.66. The molecule has 1 aromatic heterocycles. The molecule has 1 fully saturated rings. The maximum atomic E-state index is 9.70. The molecule has 1 aliphatic heterocycles. The van der Waals surface area contributed by atoms with Crippen LogP contribution in [-0.2, 0) is 6.54 Å². The third-order valence-electron chi connectivity index (χ3n) is 5.23. The fourth-order valence-electron chi connectivity index (χ4n) is 4.00. The summed E-state index contributed by atoms with van der Waals surface area (Å²) in [5.74, 6) is 0.797. The van der Waals surface area contributed by atoms with Gasteiger partial charge in [0.25, 0.3) is 0 Å². The highest BCUT2D eigenvalue weighted by Gasteiger charge is 2.25. The Morgan fingerprint density at radius 2 is 2.08 bits per heavy atom. The van der Waals surface area contributed by atoms with Crippen LogP contribution in [0.25, 0.3) is 11.1 Å².